The van der Waals surface area contributed by atoms with Crippen molar-refractivity contribution in [3.8, 4) is 11.5 Å². The molecule has 22 nitrogen and oxygen atoms in total. The van der Waals surface area contributed by atoms with Crippen LogP contribution < -0.4 is 25.4 Å². The molecule has 4 heterocycles. The normalized spacial score (nSPS) is 13.8. The number of piperazine rings is 1. The second kappa shape index (κ2) is 36.5. The van der Waals surface area contributed by atoms with Crippen molar-refractivity contribution in [2.24, 2.45) is 0 Å². The highest BCUT2D eigenvalue weighted by Gasteiger charge is 2.42. The maximum Gasteiger partial charge on any atom is 0.325 e. The number of rotatable bonds is 37. The number of hydrogen-bond acceptors (Lipinski definition) is 18. The van der Waals surface area contributed by atoms with Gasteiger partial charge in [-0.3, -0.25) is 19.7 Å². The number of nitrogens with zero attached hydrogens (tertiary/aromatic N) is 10. The number of anilines is 2. The number of allylic oxidation sites excluding steroid dienone is 2. The number of hydrogen-bond donors (Lipinski definition) is 3. The predicted octanol–water partition coefficient (Wildman–Crippen LogP) is 7.88. The van der Waals surface area contributed by atoms with Crippen LogP contribution in [-0.4, -0.2) is 191 Å². The van der Waals surface area contributed by atoms with Crippen LogP contribution in [-0.2, 0) is 54.4 Å². The Morgan fingerprint density at radius 3 is 2.27 bits per heavy atom. The molecule has 1 saturated heterocycles. The summed E-state index contributed by atoms with van der Waals surface area (Å²) in [6.45, 7) is 20.1. The van der Waals surface area contributed by atoms with Gasteiger partial charge in [-0.05, 0) is 113 Å². The molecule has 3 N–H and O–H groups in total. The number of fused-ring (bicyclic) bond motifs is 1. The molecular formula is C62H83N13O9S2. The number of likely N-dealkylation sites (N-methyl/N-ethyl adjacent to an activating group) is 2. The highest BCUT2D eigenvalue weighted by molar-refractivity contribution is 7.14. The SMILES string of the molecule is C=C/C=C(\C=C)CNC(=O)C(c1cccc2nsnc12)N(C(=O)CCc1ccc(OCCCCN(C)CCOCCOCCc2cn(CCOCCOc3ccc(NC(=O)Nc4nc(CC)cs4)cc3)nn2)cc1)C1CC1.CN1CCN(C=O)CC1. The Hall–Kier alpha value is -7.45. The number of aryl methyl sites for hydroxylation is 2. The first kappa shape index (κ1) is 66.1. The summed E-state index contributed by atoms with van der Waals surface area (Å²) >= 11 is 2.49. The number of carbonyl (C=O) groups excluding carboxylic acids is 4. The Bertz CT molecular complexity index is 3050. The van der Waals surface area contributed by atoms with Crippen LogP contribution in [0.5, 0.6) is 11.5 Å². The van der Waals surface area contributed by atoms with Gasteiger partial charge in [-0.15, -0.1) is 16.4 Å². The molecule has 6 aromatic rings. The first-order valence-electron chi connectivity index (χ1n) is 29.4. The maximum absolute atomic E-state index is 14.1. The molecule has 2 aliphatic rings. The summed E-state index contributed by atoms with van der Waals surface area (Å²) in [6, 6.07) is 19.5. The number of thiazole rings is 1. The van der Waals surface area contributed by atoms with Gasteiger partial charge in [-0.25, -0.2) is 14.5 Å². The van der Waals surface area contributed by atoms with Crippen LogP contribution in [0, 0.1) is 0 Å². The van der Waals surface area contributed by atoms with Crippen molar-refractivity contribution >= 4 is 69.2 Å². The molecule has 0 radical (unpaired) electrons. The van der Waals surface area contributed by atoms with Crippen molar-refractivity contribution < 1.29 is 42.9 Å². The molecule has 3 aromatic carbocycles. The Morgan fingerprint density at radius 2 is 1.55 bits per heavy atom. The number of benzene rings is 3. The minimum atomic E-state index is -0.845. The number of urea groups is 1. The number of carbonyl (C=O) groups is 4. The predicted molar refractivity (Wildman–Crippen MR) is 336 cm³/mol. The Balaban J connectivity index is 0.00000107. The number of unbranched alkanes of at least 4 members (excludes halogenated alkanes) is 1. The second-order valence-electron chi connectivity index (χ2n) is 20.8. The van der Waals surface area contributed by atoms with E-state index in [0.29, 0.717) is 105 Å². The van der Waals surface area contributed by atoms with Crippen molar-refractivity contribution in [1.82, 2.24) is 53.6 Å². The lowest BCUT2D eigenvalue weighted by atomic mass is 10.0. The summed E-state index contributed by atoms with van der Waals surface area (Å²) in [5, 5.41) is 19.5. The molecule has 1 unspecified atom stereocenters. The van der Waals surface area contributed by atoms with E-state index in [9.17, 15) is 19.2 Å². The van der Waals surface area contributed by atoms with Gasteiger partial charge in [0.1, 0.15) is 35.2 Å². The van der Waals surface area contributed by atoms with E-state index < -0.39 is 6.04 Å². The molecular weight excluding hydrogens is 1130 g/mol. The maximum atomic E-state index is 14.1. The van der Waals surface area contributed by atoms with Crippen LogP contribution in [0.4, 0.5) is 15.6 Å². The smallest absolute Gasteiger partial charge is 0.325 e. The lowest BCUT2D eigenvalue weighted by Crippen LogP contribution is -2.45. The molecule has 1 aliphatic carbocycles. The van der Waals surface area contributed by atoms with E-state index in [1.54, 1.807) is 57.0 Å². The minimum Gasteiger partial charge on any atom is -0.494 e. The van der Waals surface area contributed by atoms with Crippen LogP contribution >= 0.6 is 23.1 Å². The number of amides is 5. The molecule has 0 bridgehead atoms. The Labute approximate surface area is 512 Å². The summed E-state index contributed by atoms with van der Waals surface area (Å²) in [7, 11) is 4.16. The molecule has 5 amide bonds. The quantitative estimate of drug-likeness (QED) is 0.0191. The molecule has 462 valence electrons. The fourth-order valence-corrected chi connectivity index (χ4v) is 10.4. The molecule has 8 rings (SSSR count). The zero-order valence-electron chi connectivity index (χ0n) is 49.8. The summed E-state index contributed by atoms with van der Waals surface area (Å²) in [4.78, 5) is 62.9. The van der Waals surface area contributed by atoms with Crippen molar-refractivity contribution in [3.63, 3.8) is 0 Å². The highest BCUT2D eigenvalue weighted by atomic mass is 32.1. The molecule has 24 heteroatoms. The van der Waals surface area contributed by atoms with Crippen molar-refractivity contribution in [1.29, 1.82) is 0 Å². The van der Waals surface area contributed by atoms with E-state index >= 15 is 0 Å². The molecule has 1 aliphatic heterocycles. The monoisotopic (exact) mass is 1220 g/mol. The van der Waals surface area contributed by atoms with E-state index in [0.717, 1.165) is 118 Å². The second-order valence-corrected chi connectivity index (χ2v) is 22.2. The number of ether oxygens (including phenoxy) is 5. The zero-order valence-corrected chi connectivity index (χ0v) is 51.5. The van der Waals surface area contributed by atoms with E-state index in [1.807, 2.05) is 61.0 Å². The van der Waals surface area contributed by atoms with Crippen LogP contribution in [0.15, 0.2) is 115 Å². The Morgan fingerprint density at radius 1 is 0.814 bits per heavy atom. The summed E-state index contributed by atoms with van der Waals surface area (Å²) in [5.41, 5.74) is 6.29. The summed E-state index contributed by atoms with van der Waals surface area (Å²) < 4.78 is 39.8. The van der Waals surface area contributed by atoms with E-state index in [2.05, 4.69) is 77.0 Å². The Kier molecular flexibility index (Phi) is 28.1. The third kappa shape index (κ3) is 22.8. The van der Waals surface area contributed by atoms with Gasteiger partial charge < -0.3 is 53.9 Å². The average Bonchev–Trinajstić information content (AvgIpc) is 3.94. The fourth-order valence-electron chi connectivity index (χ4n) is 9.04. The van der Waals surface area contributed by atoms with Crippen molar-refractivity contribution in [3.05, 3.63) is 138 Å². The zero-order chi connectivity index (χ0) is 60.7. The largest absolute Gasteiger partial charge is 0.494 e. The lowest BCUT2D eigenvalue weighted by Gasteiger charge is -2.32. The topological polar surface area (TPSA) is 233 Å². The highest BCUT2D eigenvalue weighted by Crippen LogP contribution is 2.38. The molecule has 86 heavy (non-hydrogen) atoms. The first-order valence-corrected chi connectivity index (χ1v) is 31.0. The summed E-state index contributed by atoms with van der Waals surface area (Å²) in [6.07, 6.45) is 13.8. The van der Waals surface area contributed by atoms with Crippen LogP contribution in [0.2, 0.25) is 0 Å². The lowest BCUT2D eigenvalue weighted by molar-refractivity contribution is -0.141. The van der Waals surface area contributed by atoms with Crippen LogP contribution in [0.25, 0.3) is 11.0 Å². The van der Waals surface area contributed by atoms with Gasteiger partial charge in [0, 0.05) is 81.0 Å². The average molecular weight is 1220 g/mol. The van der Waals surface area contributed by atoms with Crippen molar-refractivity contribution in [2.45, 2.75) is 76.9 Å². The van der Waals surface area contributed by atoms with E-state index in [-0.39, 0.29) is 36.9 Å². The van der Waals surface area contributed by atoms with Gasteiger partial charge in [-0.2, -0.15) is 8.75 Å². The number of nitrogens with one attached hydrogen (secondary N) is 3. The van der Waals surface area contributed by atoms with Gasteiger partial charge >= 0.3 is 6.03 Å². The van der Waals surface area contributed by atoms with Gasteiger partial charge in [0.25, 0.3) is 0 Å². The van der Waals surface area contributed by atoms with Gasteiger partial charge in [0.15, 0.2) is 5.13 Å². The molecule has 1 saturated carbocycles. The molecule has 3 aromatic heterocycles. The van der Waals surface area contributed by atoms with Gasteiger partial charge in [0.05, 0.1) is 75.9 Å². The van der Waals surface area contributed by atoms with Gasteiger partial charge in [0.2, 0.25) is 18.2 Å². The van der Waals surface area contributed by atoms with E-state index in [4.69, 9.17) is 23.7 Å². The molecule has 2 fully saturated rings. The van der Waals surface area contributed by atoms with Gasteiger partial charge in [-0.1, -0.05) is 67.8 Å². The fraction of sp³-hybridized carbons (Fsp3) is 0.468. The molecule has 1 atom stereocenters. The first-order chi connectivity index (χ1) is 42.0. The third-order valence-electron chi connectivity index (χ3n) is 14.2. The van der Waals surface area contributed by atoms with Crippen molar-refractivity contribution in [2.75, 3.05) is 123 Å². The van der Waals surface area contributed by atoms with E-state index in [1.165, 1.54) is 11.3 Å². The standard InChI is InChI=1S/C56H71N11O8S2.C6H12N2O/c1-5-11-41(6-2)38-57-54(69)53(49-12-10-13-50-52(49)63-77-62-50)67(46-19-20-46)51(68)25-16-42-14-21-47(22-15-42)74-30-9-8-27-65(4)28-32-72-35-34-71-31-26-45-39-66(64-61-45)29-33-73-36-37-75-48-23-17-44(18-24-48)58-55(70)60-56-59-43(7-3)40-76-56;1-7-2-4-8(6-9)5-3-7/h5-6,10-15,17-18,21-24,39-40,46,53H,1-2,7-9,16,19-20,25-38H2,3-4H3,(H,57,69)(H2,58,59,60,70);6H,2-5H2,1H3/b41-11+;. The summed E-state index contributed by atoms with van der Waals surface area (Å²) in [5.74, 6) is 1.12. The number of aromatic nitrogens is 6. The minimum absolute atomic E-state index is 0.0211. The molecule has 0 spiro atoms. The van der Waals surface area contributed by atoms with Crippen LogP contribution in [0.1, 0.15) is 67.6 Å². The van der Waals surface area contributed by atoms with Crippen LogP contribution in [0.3, 0.4) is 0 Å². The third-order valence-corrected chi connectivity index (χ3v) is 15.5.